The first-order valence-corrected chi connectivity index (χ1v) is 6.27. The van der Waals surface area contributed by atoms with Crippen molar-refractivity contribution in [3.63, 3.8) is 0 Å². The minimum Gasteiger partial charge on any atom is -0.497 e. The Kier molecular flexibility index (Phi) is 2.51. The Labute approximate surface area is 101 Å². The van der Waals surface area contributed by atoms with Crippen LogP contribution in [0, 0.1) is 0 Å². The Balaban J connectivity index is 1.97. The lowest BCUT2D eigenvalue weighted by Gasteiger charge is -2.38. The molecule has 3 rings (SSSR count). The van der Waals surface area contributed by atoms with E-state index < -0.39 is 6.10 Å². The van der Waals surface area contributed by atoms with Gasteiger partial charge in [0, 0.05) is 18.1 Å². The minimum atomic E-state index is -0.400. The van der Waals surface area contributed by atoms with Crippen LogP contribution in [0.15, 0.2) is 18.2 Å². The maximum absolute atomic E-state index is 10.2. The molecule has 0 amide bonds. The summed E-state index contributed by atoms with van der Waals surface area (Å²) in [5.74, 6) is 1.58. The summed E-state index contributed by atoms with van der Waals surface area (Å²) in [7, 11) is 1.65. The van der Waals surface area contributed by atoms with E-state index in [1.54, 1.807) is 7.11 Å². The topological polar surface area (TPSA) is 38.7 Å². The van der Waals surface area contributed by atoms with Crippen LogP contribution in [0.2, 0.25) is 0 Å². The fraction of sp³-hybridized carbons (Fsp3) is 0.571. The van der Waals surface area contributed by atoms with Crippen molar-refractivity contribution in [3.05, 3.63) is 23.8 Å². The van der Waals surface area contributed by atoms with E-state index in [9.17, 15) is 5.11 Å². The Hall–Kier alpha value is -1.22. The summed E-state index contributed by atoms with van der Waals surface area (Å²) in [6, 6.07) is 5.66. The van der Waals surface area contributed by atoms with Crippen LogP contribution in [0.4, 0.5) is 0 Å². The van der Waals surface area contributed by atoms with Gasteiger partial charge in [0.15, 0.2) is 0 Å². The van der Waals surface area contributed by atoms with E-state index in [1.165, 1.54) is 12.8 Å². The molecule has 1 aliphatic carbocycles. The first kappa shape index (κ1) is 10.9. The van der Waals surface area contributed by atoms with Gasteiger partial charge in [-0.3, -0.25) is 0 Å². The maximum Gasteiger partial charge on any atom is 0.129 e. The molecule has 1 saturated carbocycles. The predicted molar refractivity (Wildman–Crippen MR) is 64.4 cm³/mol. The predicted octanol–water partition coefficient (Wildman–Crippen LogP) is 2.82. The van der Waals surface area contributed by atoms with Crippen molar-refractivity contribution in [3.8, 4) is 11.5 Å². The van der Waals surface area contributed by atoms with Crippen LogP contribution < -0.4 is 9.47 Å². The van der Waals surface area contributed by atoms with Crippen LogP contribution in [0.3, 0.4) is 0 Å². The smallest absolute Gasteiger partial charge is 0.129 e. The normalized spacial score (nSPS) is 25.4. The monoisotopic (exact) mass is 234 g/mol. The summed E-state index contributed by atoms with van der Waals surface area (Å²) < 4.78 is 11.4. The second-order valence-corrected chi connectivity index (χ2v) is 5.12. The third-order valence-corrected chi connectivity index (χ3v) is 3.99. The molecule has 3 heteroatoms. The van der Waals surface area contributed by atoms with E-state index in [2.05, 4.69) is 0 Å². The third kappa shape index (κ3) is 1.78. The lowest BCUT2D eigenvalue weighted by atomic mass is 9.87. The van der Waals surface area contributed by atoms with E-state index in [-0.39, 0.29) is 5.60 Å². The summed E-state index contributed by atoms with van der Waals surface area (Å²) in [5.41, 5.74) is 0.766. The lowest BCUT2D eigenvalue weighted by Crippen LogP contribution is -2.38. The third-order valence-electron chi connectivity index (χ3n) is 3.99. The molecule has 1 aromatic carbocycles. The molecule has 0 saturated heterocycles. The Morgan fingerprint density at radius 2 is 2.12 bits per heavy atom. The summed E-state index contributed by atoms with van der Waals surface area (Å²) in [4.78, 5) is 0. The van der Waals surface area contributed by atoms with Crippen molar-refractivity contribution in [1.29, 1.82) is 0 Å². The van der Waals surface area contributed by atoms with E-state index in [1.807, 2.05) is 18.2 Å². The number of hydrogen-bond acceptors (Lipinski definition) is 3. The highest BCUT2D eigenvalue weighted by atomic mass is 16.5. The molecule has 0 aromatic heterocycles. The molecule has 92 valence electrons. The molecule has 1 aromatic rings. The number of rotatable bonds is 1. The van der Waals surface area contributed by atoms with Gasteiger partial charge in [-0.05, 0) is 37.8 Å². The SMILES string of the molecule is COc1ccc2c(c1)OC1(CCCC1)C[C@@H]2O. The first-order valence-electron chi connectivity index (χ1n) is 6.27. The summed E-state index contributed by atoms with van der Waals surface area (Å²) in [5, 5.41) is 10.2. The van der Waals surface area contributed by atoms with E-state index in [0.29, 0.717) is 0 Å². The molecular formula is C14H18O3. The van der Waals surface area contributed by atoms with Crippen LogP contribution >= 0.6 is 0 Å². The number of aliphatic hydroxyl groups is 1. The van der Waals surface area contributed by atoms with Gasteiger partial charge in [0.25, 0.3) is 0 Å². The Morgan fingerprint density at radius 1 is 1.35 bits per heavy atom. The molecule has 1 aliphatic heterocycles. The number of methoxy groups -OCH3 is 1. The van der Waals surface area contributed by atoms with Gasteiger partial charge in [0.1, 0.15) is 17.1 Å². The summed E-state index contributed by atoms with van der Waals surface area (Å²) >= 11 is 0. The van der Waals surface area contributed by atoms with Gasteiger partial charge in [-0.1, -0.05) is 0 Å². The number of benzene rings is 1. The molecular weight excluding hydrogens is 216 g/mol. The van der Waals surface area contributed by atoms with Crippen molar-refractivity contribution in [2.45, 2.75) is 43.8 Å². The van der Waals surface area contributed by atoms with Gasteiger partial charge in [-0.15, -0.1) is 0 Å². The minimum absolute atomic E-state index is 0.126. The zero-order valence-electron chi connectivity index (χ0n) is 10.1. The second-order valence-electron chi connectivity index (χ2n) is 5.12. The zero-order chi connectivity index (χ0) is 11.9. The molecule has 0 bridgehead atoms. The molecule has 2 aliphatic rings. The molecule has 17 heavy (non-hydrogen) atoms. The highest BCUT2D eigenvalue weighted by Crippen LogP contribution is 2.47. The fourth-order valence-corrected chi connectivity index (χ4v) is 3.07. The van der Waals surface area contributed by atoms with Crippen molar-refractivity contribution in [2.75, 3.05) is 7.11 Å². The van der Waals surface area contributed by atoms with Crippen LogP contribution in [-0.2, 0) is 0 Å². The van der Waals surface area contributed by atoms with Gasteiger partial charge in [-0.2, -0.15) is 0 Å². The highest BCUT2D eigenvalue weighted by molar-refractivity contribution is 5.44. The Bertz CT molecular complexity index is 421. The number of fused-ring (bicyclic) bond motifs is 1. The lowest BCUT2D eigenvalue weighted by molar-refractivity contribution is -0.00954. The number of ether oxygens (including phenoxy) is 2. The standard InChI is InChI=1S/C14H18O3/c1-16-10-4-5-11-12(15)9-14(6-2-3-7-14)17-13(11)8-10/h4-5,8,12,15H,2-3,6-7,9H2,1H3/t12-/m0/s1. The maximum atomic E-state index is 10.2. The first-order chi connectivity index (χ1) is 8.22. The number of aliphatic hydroxyl groups excluding tert-OH is 1. The van der Waals surface area contributed by atoms with Crippen molar-refractivity contribution in [2.24, 2.45) is 0 Å². The van der Waals surface area contributed by atoms with Gasteiger partial charge in [-0.25, -0.2) is 0 Å². The molecule has 1 spiro atoms. The average molecular weight is 234 g/mol. The average Bonchev–Trinajstić information content (AvgIpc) is 2.76. The highest BCUT2D eigenvalue weighted by Gasteiger charge is 2.42. The van der Waals surface area contributed by atoms with Gasteiger partial charge < -0.3 is 14.6 Å². The number of hydrogen-bond donors (Lipinski definition) is 1. The van der Waals surface area contributed by atoms with E-state index in [4.69, 9.17) is 9.47 Å². The summed E-state index contributed by atoms with van der Waals surface area (Å²) in [6.45, 7) is 0. The van der Waals surface area contributed by atoms with Crippen LogP contribution in [0.25, 0.3) is 0 Å². The van der Waals surface area contributed by atoms with Gasteiger partial charge >= 0.3 is 0 Å². The van der Waals surface area contributed by atoms with Crippen LogP contribution in [0.1, 0.15) is 43.8 Å². The zero-order valence-corrected chi connectivity index (χ0v) is 10.1. The van der Waals surface area contributed by atoms with Crippen molar-refractivity contribution in [1.82, 2.24) is 0 Å². The van der Waals surface area contributed by atoms with Crippen LogP contribution in [-0.4, -0.2) is 17.8 Å². The molecule has 0 unspecified atom stereocenters. The molecule has 3 nitrogen and oxygen atoms in total. The molecule has 1 fully saturated rings. The molecule has 1 N–H and O–H groups in total. The van der Waals surface area contributed by atoms with Crippen LogP contribution in [0.5, 0.6) is 11.5 Å². The molecule has 1 atom stereocenters. The van der Waals surface area contributed by atoms with Gasteiger partial charge in [0.05, 0.1) is 13.2 Å². The molecule has 0 radical (unpaired) electrons. The van der Waals surface area contributed by atoms with Crippen molar-refractivity contribution >= 4 is 0 Å². The largest absolute Gasteiger partial charge is 0.497 e. The van der Waals surface area contributed by atoms with Gasteiger partial charge in [0.2, 0.25) is 0 Å². The molecule has 1 heterocycles. The van der Waals surface area contributed by atoms with Crippen molar-refractivity contribution < 1.29 is 14.6 Å². The summed E-state index contributed by atoms with van der Waals surface area (Å²) in [6.07, 6.45) is 4.84. The fourth-order valence-electron chi connectivity index (χ4n) is 3.07. The second kappa shape index (κ2) is 3.91. The quantitative estimate of drug-likeness (QED) is 0.812. The Morgan fingerprint density at radius 3 is 2.82 bits per heavy atom. The van der Waals surface area contributed by atoms with E-state index in [0.717, 1.165) is 36.3 Å². The van der Waals surface area contributed by atoms with E-state index >= 15 is 0 Å².